The quantitative estimate of drug-likeness (QED) is 0.126. The van der Waals surface area contributed by atoms with E-state index in [1.807, 2.05) is 6.07 Å². The van der Waals surface area contributed by atoms with E-state index in [1.54, 1.807) is 0 Å². The van der Waals surface area contributed by atoms with Gasteiger partial charge in [-0.25, -0.2) is 0 Å². The Morgan fingerprint density at radius 2 is 0.864 bits per heavy atom. The topological polar surface area (TPSA) is 23.6 Å². The summed E-state index contributed by atoms with van der Waals surface area (Å²) in [5, 5.41) is 0. The first-order valence-corrected chi connectivity index (χ1v) is 18.6. The molecule has 0 fully saturated rings. The Balaban J connectivity index is 1.39. The van der Waals surface area contributed by atoms with Crippen molar-refractivity contribution in [2.75, 3.05) is 22.9 Å². The minimum Gasteiger partial charge on any atom is -0.361 e. The normalized spacial score (nSPS) is 17.5. The van der Waals surface area contributed by atoms with E-state index < -0.39 is 0 Å². The minimum absolute atomic E-state index is 0.00557. The number of anilines is 2. The predicted octanol–water partition coefficient (Wildman–Crippen LogP) is 11.8. The average molecular weight is 599 g/mol. The molecular weight excluding hydrogens is 536 g/mol. The molecular formula is C41H62N2O. The zero-order valence-corrected chi connectivity index (χ0v) is 28.3. The molecule has 0 saturated heterocycles. The summed E-state index contributed by atoms with van der Waals surface area (Å²) in [6.45, 7) is 11.2. The number of Topliss-reactive ketones (excluding diaryl/α,β-unsaturated/α-hetero) is 1. The van der Waals surface area contributed by atoms with E-state index >= 15 is 0 Å². The number of carbonyl (C=O) groups excluding carboxylic acids is 1. The van der Waals surface area contributed by atoms with Crippen molar-refractivity contribution in [2.45, 2.75) is 154 Å². The summed E-state index contributed by atoms with van der Waals surface area (Å²) in [6.07, 6.45) is 26.6. The Morgan fingerprint density at radius 1 is 0.500 bits per heavy atom. The van der Waals surface area contributed by atoms with Crippen LogP contribution in [0.5, 0.6) is 0 Å². The molecule has 0 N–H and O–H groups in total. The van der Waals surface area contributed by atoms with Gasteiger partial charge in [-0.2, -0.15) is 0 Å². The van der Waals surface area contributed by atoms with Crippen LogP contribution in [0.1, 0.15) is 158 Å². The van der Waals surface area contributed by atoms with Gasteiger partial charge in [0.25, 0.3) is 0 Å². The second kappa shape index (κ2) is 19.1. The van der Waals surface area contributed by atoms with Gasteiger partial charge >= 0.3 is 0 Å². The van der Waals surface area contributed by atoms with E-state index in [0.717, 1.165) is 42.8 Å². The highest BCUT2D eigenvalue weighted by Gasteiger charge is 2.48. The van der Waals surface area contributed by atoms with Gasteiger partial charge in [-0.05, 0) is 36.6 Å². The van der Waals surface area contributed by atoms with E-state index in [1.165, 1.54) is 127 Å². The standard InChI is InChI=1S/C41H62N2O/c1-4-6-8-10-12-14-16-18-20-26-32-42-38-31-25-23-29-36(38)41(44)40-39(42)34(3)35-28-22-24-30-37(35)43(40)33-27-21-19-17-15-13-11-9-7-5-2/h22-25,28-31,39-40H,3-21,26-27,32-33H2,1-2H3. The lowest BCUT2D eigenvalue weighted by Crippen LogP contribution is -2.62. The number of hydrogen-bond acceptors (Lipinski definition) is 3. The fourth-order valence-electron chi connectivity index (χ4n) is 7.61. The van der Waals surface area contributed by atoms with Gasteiger partial charge in [-0.15, -0.1) is 0 Å². The largest absolute Gasteiger partial charge is 0.361 e. The molecule has 2 heterocycles. The van der Waals surface area contributed by atoms with Crippen LogP contribution in [0.3, 0.4) is 0 Å². The van der Waals surface area contributed by atoms with Gasteiger partial charge in [-0.3, -0.25) is 4.79 Å². The number of unbranched alkanes of at least 4 members (excludes halogenated alkanes) is 18. The van der Waals surface area contributed by atoms with Gasteiger partial charge < -0.3 is 9.80 Å². The van der Waals surface area contributed by atoms with Crippen LogP contribution in [0, 0.1) is 0 Å². The fraction of sp³-hybridized carbons (Fsp3) is 0.634. The highest BCUT2D eigenvalue weighted by atomic mass is 16.1. The van der Waals surface area contributed by atoms with Crippen molar-refractivity contribution >= 4 is 22.7 Å². The van der Waals surface area contributed by atoms with Crippen LogP contribution < -0.4 is 9.80 Å². The van der Waals surface area contributed by atoms with E-state index in [9.17, 15) is 4.79 Å². The molecule has 0 saturated carbocycles. The summed E-state index contributed by atoms with van der Waals surface area (Å²) in [5.74, 6) is 0.271. The van der Waals surface area contributed by atoms with Crippen molar-refractivity contribution in [2.24, 2.45) is 0 Å². The molecule has 0 aromatic heterocycles. The number of fused-ring (bicyclic) bond motifs is 3. The number of carbonyl (C=O) groups is 1. The highest BCUT2D eigenvalue weighted by molar-refractivity contribution is 6.12. The first-order chi connectivity index (χ1) is 21.7. The van der Waals surface area contributed by atoms with Gasteiger partial charge in [0, 0.05) is 35.6 Å². The molecule has 0 bridgehead atoms. The first kappa shape index (κ1) is 34.3. The number of hydrogen-bond donors (Lipinski definition) is 0. The summed E-state index contributed by atoms with van der Waals surface area (Å²) in [7, 11) is 0. The van der Waals surface area contributed by atoms with Crippen molar-refractivity contribution in [3.63, 3.8) is 0 Å². The van der Waals surface area contributed by atoms with Crippen LogP contribution in [0.4, 0.5) is 11.4 Å². The Bertz CT molecular complexity index is 1050. The zero-order valence-electron chi connectivity index (χ0n) is 28.3. The lowest BCUT2D eigenvalue weighted by molar-refractivity contribution is 0.0942. The molecule has 2 unspecified atom stereocenters. The molecule has 2 aromatic rings. The lowest BCUT2D eigenvalue weighted by Gasteiger charge is -2.51. The highest BCUT2D eigenvalue weighted by Crippen LogP contribution is 2.45. The SMILES string of the molecule is C=C1c2ccccc2N(CCCCCCCCCCCC)C2C(=O)c3ccccc3N(CCCCCCCCCCCC)C12. The zero-order chi connectivity index (χ0) is 31.0. The number of rotatable bonds is 22. The van der Waals surface area contributed by atoms with Crippen molar-refractivity contribution in [3.05, 3.63) is 66.2 Å². The van der Waals surface area contributed by atoms with E-state index in [2.05, 4.69) is 72.7 Å². The summed E-state index contributed by atoms with van der Waals surface area (Å²) in [6, 6.07) is 16.9. The maximum atomic E-state index is 14.3. The number of ketones is 1. The molecule has 2 aliphatic rings. The molecule has 3 heteroatoms. The first-order valence-electron chi connectivity index (χ1n) is 18.6. The molecule has 2 atom stereocenters. The van der Waals surface area contributed by atoms with E-state index in [4.69, 9.17) is 0 Å². The van der Waals surface area contributed by atoms with Crippen molar-refractivity contribution in [1.29, 1.82) is 0 Å². The Labute approximate surface area is 270 Å². The third-order valence-corrected chi connectivity index (χ3v) is 10.1. The van der Waals surface area contributed by atoms with Gasteiger partial charge in [-0.1, -0.05) is 166 Å². The second-order valence-electron chi connectivity index (χ2n) is 13.6. The molecule has 0 radical (unpaired) electrons. The van der Waals surface area contributed by atoms with E-state index in [-0.39, 0.29) is 17.9 Å². The average Bonchev–Trinajstić information content (AvgIpc) is 3.05. The summed E-state index contributed by atoms with van der Waals surface area (Å²) in [4.78, 5) is 19.3. The number of benzene rings is 2. The predicted molar refractivity (Wildman–Crippen MR) is 192 cm³/mol. The van der Waals surface area contributed by atoms with Gasteiger partial charge in [0.15, 0.2) is 5.78 Å². The molecule has 0 amide bonds. The monoisotopic (exact) mass is 598 g/mol. The second-order valence-corrected chi connectivity index (χ2v) is 13.6. The molecule has 3 nitrogen and oxygen atoms in total. The fourth-order valence-corrected chi connectivity index (χ4v) is 7.61. The maximum absolute atomic E-state index is 14.3. The van der Waals surface area contributed by atoms with Crippen LogP contribution >= 0.6 is 0 Å². The third kappa shape index (κ3) is 9.24. The molecule has 44 heavy (non-hydrogen) atoms. The van der Waals surface area contributed by atoms with Crippen molar-refractivity contribution in [1.82, 2.24) is 0 Å². The summed E-state index contributed by atoms with van der Waals surface area (Å²) >= 11 is 0. The molecule has 242 valence electrons. The lowest BCUT2D eigenvalue weighted by atomic mass is 9.78. The maximum Gasteiger partial charge on any atom is 0.189 e. The molecule has 4 rings (SSSR count). The Kier molecular flexibility index (Phi) is 14.9. The van der Waals surface area contributed by atoms with Gasteiger partial charge in [0.2, 0.25) is 0 Å². The van der Waals surface area contributed by atoms with Crippen LogP contribution in [-0.2, 0) is 0 Å². The minimum atomic E-state index is -0.200. The van der Waals surface area contributed by atoms with Gasteiger partial charge in [0.1, 0.15) is 6.04 Å². The molecule has 0 spiro atoms. The van der Waals surface area contributed by atoms with Gasteiger partial charge in [0.05, 0.1) is 6.04 Å². The number of nitrogens with zero attached hydrogens (tertiary/aromatic N) is 2. The summed E-state index contributed by atoms with van der Waals surface area (Å²) in [5.41, 5.74) is 5.53. The smallest absolute Gasteiger partial charge is 0.189 e. The summed E-state index contributed by atoms with van der Waals surface area (Å²) < 4.78 is 0. The third-order valence-electron chi connectivity index (χ3n) is 10.1. The Hall–Kier alpha value is -2.55. The van der Waals surface area contributed by atoms with Crippen molar-refractivity contribution in [3.8, 4) is 0 Å². The van der Waals surface area contributed by atoms with Crippen LogP contribution in [-0.4, -0.2) is 31.0 Å². The molecule has 2 aromatic carbocycles. The van der Waals surface area contributed by atoms with Crippen LogP contribution in [0.2, 0.25) is 0 Å². The molecule has 0 aliphatic carbocycles. The molecule has 2 aliphatic heterocycles. The van der Waals surface area contributed by atoms with E-state index in [0.29, 0.717) is 0 Å². The van der Waals surface area contributed by atoms with Crippen molar-refractivity contribution < 1.29 is 4.79 Å². The van der Waals surface area contributed by atoms with Crippen LogP contribution in [0.25, 0.3) is 5.57 Å². The Morgan fingerprint density at radius 3 is 1.34 bits per heavy atom. The number of para-hydroxylation sites is 2. The van der Waals surface area contributed by atoms with Crippen LogP contribution in [0.15, 0.2) is 55.1 Å².